The number of ether oxygens (including phenoxy) is 3. The van der Waals surface area contributed by atoms with Crippen LogP contribution in [0.3, 0.4) is 0 Å². The lowest BCUT2D eigenvalue weighted by molar-refractivity contribution is 0.114. The summed E-state index contributed by atoms with van der Waals surface area (Å²) >= 11 is 0. The average molecular weight is 497 g/mol. The summed E-state index contributed by atoms with van der Waals surface area (Å²) in [4.78, 5) is 0.262. The van der Waals surface area contributed by atoms with Crippen LogP contribution in [0.4, 0.5) is 0 Å². The van der Waals surface area contributed by atoms with Crippen LogP contribution >= 0.6 is 0 Å². The van der Waals surface area contributed by atoms with Crippen LogP contribution in [0.1, 0.15) is 25.7 Å². The molecule has 0 aliphatic carbocycles. The number of benzene rings is 2. The maximum Gasteiger partial charge on any atom is 0.240 e. The number of sulfonamides is 2. The summed E-state index contributed by atoms with van der Waals surface area (Å²) in [7, 11) is -7.28. The van der Waals surface area contributed by atoms with Crippen molar-refractivity contribution in [3.63, 3.8) is 0 Å². The summed E-state index contributed by atoms with van der Waals surface area (Å²) in [5.41, 5.74) is 0. The van der Waals surface area contributed by atoms with Crippen molar-refractivity contribution in [3.8, 4) is 11.5 Å². The number of hydrogen-bond donors (Lipinski definition) is 2. The van der Waals surface area contributed by atoms with E-state index in [2.05, 4.69) is 9.44 Å². The van der Waals surface area contributed by atoms with Crippen LogP contribution in [0.25, 0.3) is 0 Å². The summed E-state index contributed by atoms with van der Waals surface area (Å²) in [6.45, 7) is 1.82. The fourth-order valence-corrected chi connectivity index (χ4v) is 5.83. The van der Waals surface area contributed by atoms with E-state index in [-0.39, 0.29) is 35.1 Å². The van der Waals surface area contributed by atoms with Crippen molar-refractivity contribution in [3.05, 3.63) is 48.5 Å². The van der Waals surface area contributed by atoms with E-state index in [4.69, 9.17) is 14.2 Å². The molecule has 2 aliphatic heterocycles. The molecule has 2 N–H and O–H groups in total. The second-order valence-corrected chi connectivity index (χ2v) is 11.6. The molecule has 33 heavy (non-hydrogen) atoms. The Balaban J connectivity index is 1.33. The zero-order valence-electron chi connectivity index (χ0n) is 18.1. The molecule has 2 heterocycles. The Morgan fingerprint density at radius 1 is 0.697 bits per heavy atom. The molecule has 2 aromatic rings. The van der Waals surface area contributed by atoms with Gasteiger partial charge in [0.15, 0.2) is 0 Å². The summed E-state index contributed by atoms with van der Waals surface area (Å²) in [6.07, 6.45) is 3.41. The summed E-state index contributed by atoms with van der Waals surface area (Å²) in [6, 6.07) is 12.0. The second kappa shape index (κ2) is 10.5. The summed E-state index contributed by atoms with van der Waals surface area (Å²) in [5.74, 6) is 0.861. The Bertz CT molecular complexity index is 1030. The third kappa shape index (κ3) is 6.52. The van der Waals surface area contributed by atoms with E-state index in [0.29, 0.717) is 24.7 Å². The monoisotopic (exact) mass is 496 g/mol. The summed E-state index contributed by atoms with van der Waals surface area (Å²) in [5, 5.41) is 0. The van der Waals surface area contributed by atoms with Gasteiger partial charge < -0.3 is 14.2 Å². The number of nitrogens with one attached hydrogen (secondary N) is 2. The summed E-state index contributed by atoms with van der Waals surface area (Å²) < 4.78 is 71.5. The molecule has 2 aromatic carbocycles. The first kappa shape index (κ1) is 24.1. The van der Waals surface area contributed by atoms with E-state index < -0.39 is 20.0 Å². The third-order valence-corrected chi connectivity index (χ3v) is 8.43. The van der Waals surface area contributed by atoms with Gasteiger partial charge in [0.25, 0.3) is 0 Å². The van der Waals surface area contributed by atoms with Crippen molar-refractivity contribution in [2.45, 2.75) is 47.7 Å². The smallest absolute Gasteiger partial charge is 0.240 e. The Hall–Kier alpha value is -2.02. The average Bonchev–Trinajstić information content (AvgIpc) is 3.52. The van der Waals surface area contributed by atoms with Crippen LogP contribution in [0.5, 0.6) is 11.5 Å². The van der Waals surface area contributed by atoms with Crippen LogP contribution in [0.15, 0.2) is 58.3 Å². The molecule has 0 spiro atoms. The fourth-order valence-electron chi connectivity index (χ4n) is 3.69. The minimum Gasteiger partial charge on any atom is -0.457 e. The standard InChI is InChI=1S/C22H28N2O7S2/c25-32(26,23-15-19-3-1-13-29-19)21-9-5-17(6-10-21)31-18-7-11-22(12-8-18)33(27,28)24-16-20-4-2-14-30-20/h5-12,19-20,23-24H,1-4,13-16H2/t19-,20+. The zero-order valence-corrected chi connectivity index (χ0v) is 19.7. The molecular formula is C22H28N2O7S2. The van der Waals surface area contributed by atoms with Gasteiger partial charge in [-0.1, -0.05) is 0 Å². The van der Waals surface area contributed by atoms with Gasteiger partial charge in [-0.2, -0.15) is 0 Å². The molecule has 0 bridgehead atoms. The quantitative estimate of drug-likeness (QED) is 0.518. The maximum atomic E-state index is 12.4. The maximum absolute atomic E-state index is 12.4. The first-order valence-corrected chi connectivity index (χ1v) is 13.9. The van der Waals surface area contributed by atoms with Gasteiger partial charge in [-0.15, -0.1) is 0 Å². The molecule has 2 atom stereocenters. The first-order valence-electron chi connectivity index (χ1n) is 10.9. The first-order chi connectivity index (χ1) is 15.8. The molecule has 0 aromatic heterocycles. The Morgan fingerprint density at radius 2 is 1.09 bits per heavy atom. The van der Waals surface area contributed by atoms with Gasteiger partial charge in [0.2, 0.25) is 20.0 Å². The van der Waals surface area contributed by atoms with E-state index >= 15 is 0 Å². The lowest BCUT2D eigenvalue weighted by Crippen LogP contribution is -2.31. The second-order valence-electron chi connectivity index (χ2n) is 8.02. The molecule has 0 amide bonds. The largest absolute Gasteiger partial charge is 0.457 e. The van der Waals surface area contributed by atoms with Crippen molar-refractivity contribution in [2.75, 3.05) is 26.3 Å². The van der Waals surface area contributed by atoms with Gasteiger partial charge in [0.1, 0.15) is 11.5 Å². The highest BCUT2D eigenvalue weighted by Gasteiger charge is 2.21. The van der Waals surface area contributed by atoms with Crippen molar-refractivity contribution >= 4 is 20.0 Å². The van der Waals surface area contributed by atoms with Crippen LogP contribution in [0.2, 0.25) is 0 Å². The van der Waals surface area contributed by atoms with Crippen molar-refractivity contribution < 1.29 is 31.0 Å². The van der Waals surface area contributed by atoms with Gasteiger partial charge in [-0.05, 0) is 74.2 Å². The van der Waals surface area contributed by atoms with Gasteiger partial charge in [0.05, 0.1) is 22.0 Å². The molecule has 2 aliphatic rings. The van der Waals surface area contributed by atoms with Gasteiger partial charge >= 0.3 is 0 Å². The molecule has 0 unspecified atom stereocenters. The molecule has 2 fully saturated rings. The van der Waals surface area contributed by atoms with Crippen molar-refractivity contribution in [1.29, 1.82) is 0 Å². The predicted octanol–water partition coefficient (Wildman–Crippen LogP) is 2.39. The van der Waals surface area contributed by atoms with E-state index in [1.54, 1.807) is 24.3 Å². The molecule has 11 heteroatoms. The fraction of sp³-hybridized carbons (Fsp3) is 0.455. The molecule has 9 nitrogen and oxygen atoms in total. The molecule has 0 saturated carbocycles. The van der Waals surface area contributed by atoms with E-state index in [9.17, 15) is 16.8 Å². The SMILES string of the molecule is O=S(=O)(NC[C@H]1CCCO1)c1ccc(Oc2ccc(S(=O)(=O)NC[C@@H]3CCCO3)cc2)cc1. The Morgan fingerprint density at radius 3 is 1.42 bits per heavy atom. The van der Waals surface area contributed by atoms with Crippen molar-refractivity contribution in [1.82, 2.24) is 9.44 Å². The molecule has 4 rings (SSSR count). The minimum atomic E-state index is -3.64. The molecule has 2 saturated heterocycles. The number of rotatable bonds is 10. The highest BCUT2D eigenvalue weighted by atomic mass is 32.2. The van der Waals surface area contributed by atoms with E-state index in [1.807, 2.05) is 0 Å². The highest BCUT2D eigenvalue weighted by Crippen LogP contribution is 2.24. The predicted molar refractivity (Wildman–Crippen MR) is 121 cm³/mol. The van der Waals surface area contributed by atoms with Crippen LogP contribution in [-0.4, -0.2) is 55.3 Å². The highest BCUT2D eigenvalue weighted by molar-refractivity contribution is 7.89. The number of hydrogen-bond acceptors (Lipinski definition) is 7. The minimum absolute atomic E-state index is 0.0830. The van der Waals surface area contributed by atoms with E-state index in [1.165, 1.54) is 24.3 Å². The van der Waals surface area contributed by atoms with Gasteiger partial charge in [-0.25, -0.2) is 26.3 Å². The molecular weight excluding hydrogens is 468 g/mol. The van der Waals surface area contributed by atoms with Crippen molar-refractivity contribution in [2.24, 2.45) is 0 Å². The van der Waals surface area contributed by atoms with E-state index in [0.717, 1.165) is 25.7 Å². The third-order valence-electron chi connectivity index (χ3n) is 5.55. The zero-order chi connectivity index (χ0) is 23.3. The van der Waals surface area contributed by atoms with Crippen LogP contribution in [-0.2, 0) is 29.5 Å². The molecule has 0 radical (unpaired) electrons. The Labute approximate surface area is 194 Å². The lowest BCUT2D eigenvalue weighted by Gasteiger charge is -2.12. The van der Waals surface area contributed by atoms with Gasteiger partial charge in [0, 0.05) is 26.3 Å². The molecule has 180 valence electrons. The normalized spacial score (nSPS) is 21.3. The van der Waals surface area contributed by atoms with Crippen LogP contribution in [0, 0.1) is 0 Å². The van der Waals surface area contributed by atoms with Gasteiger partial charge in [-0.3, -0.25) is 0 Å². The Kier molecular flexibility index (Phi) is 7.67. The lowest BCUT2D eigenvalue weighted by atomic mass is 10.2. The topological polar surface area (TPSA) is 120 Å². The van der Waals surface area contributed by atoms with Crippen LogP contribution < -0.4 is 14.2 Å².